The molecule has 0 radical (unpaired) electrons. The van der Waals surface area contributed by atoms with Gasteiger partial charge in [-0.25, -0.2) is 14.3 Å². The molecule has 2 aliphatic heterocycles. The fourth-order valence-electron chi connectivity index (χ4n) is 3.57. The average Bonchev–Trinajstić information content (AvgIpc) is 3.17. The summed E-state index contributed by atoms with van der Waals surface area (Å²) in [6, 6.07) is 12.5. The number of thioether (sulfide) groups is 1. The van der Waals surface area contributed by atoms with Crippen LogP contribution in [0.3, 0.4) is 0 Å². The summed E-state index contributed by atoms with van der Waals surface area (Å²) in [6.07, 6.45) is 0.332. The molecule has 10 heteroatoms. The number of esters is 1. The number of nitrogens with one attached hydrogen (secondary N) is 1. The maximum Gasteiger partial charge on any atom is 0.316 e. The average molecular weight is 483 g/mol. The number of rotatable bonds is 8. The molecule has 2 amide bonds. The summed E-state index contributed by atoms with van der Waals surface area (Å²) >= 11 is 1.12. The number of carbonyl (C=O) groups is 3. The van der Waals surface area contributed by atoms with Crippen LogP contribution in [-0.4, -0.2) is 52.1 Å². The molecular weight excluding hydrogens is 459 g/mol. The highest BCUT2D eigenvalue weighted by Crippen LogP contribution is 2.34. The molecule has 176 valence electrons. The number of hydrogen-bond acceptors (Lipinski definition) is 7. The summed E-state index contributed by atoms with van der Waals surface area (Å²) in [5.41, 5.74) is 2.16. The van der Waals surface area contributed by atoms with Crippen molar-refractivity contribution in [3.63, 3.8) is 0 Å². The molecule has 4 rings (SSSR count). The minimum atomic E-state index is -0.730. The van der Waals surface area contributed by atoms with E-state index in [-0.39, 0.29) is 49.4 Å². The molecule has 2 heterocycles. The Balaban J connectivity index is 1.42. The van der Waals surface area contributed by atoms with E-state index in [1.54, 1.807) is 19.1 Å². The van der Waals surface area contributed by atoms with Crippen molar-refractivity contribution in [3.8, 4) is 0 Å². The third kappa shape index (κ3) is 5.33. The molecule has 34 heavy (non-hydrogen) atoms. The van der Waals surface area contributed by atoms with Crippen LogP contribution < -0.4 is 5.32 Å². The van der Waals surface area contributed by atoms with Gasteiger partial charge < -0.3 is 10.1 Å². The second-order valence-corrected chi connectivity index (χ2v) is 8.53. The largest absolute Gasteiger partial charge is 0.465 e. The normalized spacial score (nSPS) is 16.4. The maximum absolute atomic E-state index is 13.2. The van der Waals surface area contributed by atoms with Crippen LogP contribution in [0.5, 0.6) is 0 Å². The first-order chi connectivity index (χ1) is 16.5. The zero-order chi connectivity index (χ0) is 24.1. The molecule has 1 atom stereocenters. The lowest BCUT2D eigenvalue weighted by Crippen LogP contribution is -2.41. The van der Waals surface area contributed by atoms with E-state index in [0.29, 0.717) is 16.7 Å². The second kappa shape index (κ2) is 10.6. The monoisotopic (exact) mass is 482 g/mol. The van der Waals surface area contributed by atoms with E-state index in [2.05, 4.69) is 15.3 Å². The Bertz CT molecular complexity index is 1170. The molecule has 0 saturated heterocycles. The van der Waals surface area contributed by atoms with Gasteiger partial charge in [0.25, 0.3) is 5.91 Å². The number of fused-ring (bicyclic) bond motifs is 3. The standard InChI is InChI=1S/C24H23FN4O4S/c1-2-33-21(31)14-34-24-28-18-6-4-3-5-17(18)22-27-19(23(32)29(22)24)11-12-20(30)26-13-15-7-9-16(25)10-8-15/h3-10,19H,2,11-14H2,1H3,(H,26,30)/t19-/m1/s1. The van der Waals surface area contributed by atoms with Crippen LogP contribution in [0.1, 0.15) is 30.9 Å². The third-order valence-electron chi connectivity index (χ3n) is 5.22. The first-order valence-corrected chi connectivity index (χ1v) is 11.8. The van der Waals surface area contributed by atoms with Gasteiger partial charge in [0.1, 0.15) is 17.7 Å². The van der Waals surface area contributed by atoms with Crippen molar-refractivity contribution in [2.24, 2.45) is 9.98 Å². The quantitative estimate of drug-likeness (QED) is 0.583. The van der Waals surface area contributed by atoms with Gasteiger partial charge in [-0.05, 0) is 43.2 Å². The molecule has 2 aliphatic rings. The van der Waals surface area contributed by atoms with Crippen LogP contribution in [0, 0.1) is 5.82 Å². The molecule has 0 saturated carbocycles. The topological polar surface area (TPSA) is 100 Å². The van der Waals surface area contributed by atoms with Gasteiger partial charge in [-0.2, -0.15) is 0 Å². The number of ether oxygens (including phenoxy) is 1. The zero-order valence-corrected chi connectivity index (χ0v) is 19.3. The van der Waals surface area contributed by atoms with E-state index < -0.39 is 12.0 Å². The number of nitrogens with zero attached hydrogens (tertiary/aromatic N) is 3. The Morgan fingerprint density at radius 1 is 1.18 bits per heavy atom. The fourth-order valence-corrected chi connectivity index (χ4v) is 4.37. The smallest absolute Gasteiger partial charge is 0.316 e. The predicted octanol–water partition coefficient (Wildman–Crippen LogP) is 3.18. The van der Waals surface area contributed by atoms with Crippen LogP contribution in [0.2, 0.25) is 0 Å². The number of carbonyl (C=O) groups excluding carboxylic acids is 3. The molecule has 8 nitrogen and oxygen atoms in total. The van der Waals surface area contributed by atoms with E-state index in [0.717, 1.165) is 22.9 Å². The lowest BCUT2D eigenvalue weighted by atomic mass is 10.1. The number of para-hydroxylation sites is 1. The fraction of sp³-hybridized carbons (Fsp3) is 0.292. The summed E-state index contributed by atoms with van der Waals surface area (Å²) < 4.78 is 18.0. The van der Waals surface area contributed by atoms with Crippen molar-refractivity contribution >= 4 is 46.2 Å². The number of amides is 2. The van der Waals surface area contributed by atoms with E-state index >= 15 is 0 Å². The Kier molecular flexibility index (Phi) is 7.36. The van der Waals surface area contributed by atoms with Gasteiger partial charge in [0.2, 0.25) is 5.91 Å². The molecule has 0 aromatic heterocycles. The second-order valence-electron chi connectivity index (χ2n) is 7.59. The molecule has 1 N–H and O–H groups in total. The highest BCUT2D eigenvalue weighted by atomic mass is 32.2. The number of halogens is 1. The van der Waals surface area contributed by atoms with Gasteiger partial charge >= 0.3 is 5.97 Å². The maximum atomic E-state index is 13.2. The molecular formula is C24H23FN4O4S. The summed E-state index contributed by atoms with van der Waals surface area (Å²) in [6.45, 7) is 2.27. The van der Waals surface area contributed by atoms with Crippen molar-refractivity contribution in [3.05, 3.63) is 65.5 Å². The Morgan fingerprint density at radius 2 is 1.94 bits per heavy atom. The molecule has 2 aromatic carbocycles. The molecule has 0 spiro atoms. The lowest BCUT2D eigenvalue weighted by Gasteiger charge is -2.25. The zero-order valence-electron chi connectivity index (χ0n) is 18.5. The van der Waals surface area contributed by atoms with Crippen LogP contribution >= 0.6 is 11.8 Å². The minimum absolute atomic E-state index is 0.0162. The Morgan fingerprint density at radius 3 is 2.71 bits per heavy atom. The van der Waals surface area contributed by atoms with Crippen LogP contribution in [0.25, 0.3) is 0 Å². The Hall–Kier alpha value is -3.53. The van der Waals surface area contributed by atoms with Gasteiger partial charge in [0.15, 0.2) is 5.17 Å². The van der Waals surface area contributed by atoms with Crippen molar-refractivity contribution in [1.82, 2.24) is 10.2 Å². The highest BCUT2D eigenvalue weighted by Gasteiger charge is 2.41. The van der Waals surface area contributed by atoms with Gasteiger partial charge in [0, 0.05) is 18.5 Å². The van der Waals surface area contributed by atoms with Gasteiger partial charge in [-0.15, -0.1) is 0 Å². The van der Waals surface area contributed by atoms with E-state index in [4.69, 9.17) is 4.74 Å². The van der Waals surface area contributed by atoms with Gasteiger partial charge in [0.05, 0.1) is 18.0 Å². The van der Waals surface area contributed by atoms with Gasteiger partial charge in [-0.3, -0.25) is 19.4 Å². The number of hydrogen-bond donors (Lipinski definition) is 1. The van der Waals surface area contributed by atoms with Gasteiger partial charge in [-0.1, -0.05) is 36.0 Å². The first-order valence-electron chi connectivity index (χ1n) is 10.9. The molecule has 0 fully saturated rings. The molecule has 2 aromatic rings. The third-order valence-corrected chi connectivity index (χ3v) is 6.13. The summed E-state index contributed by atoms with van der Waals surface area (Å²) in [4.78, 5) is 47.9. The van der Waals surface area contributed by atoms with Crippen molar-refractivity contribution in [2.75, 3.05) is 12.4 Å². The summed E-state index contributed by atoms with van der Waals surface area (Å²) in [5.74, 6) is -0.760. The van der Waals surface area contributed by atoms with Crippen molar-refractivity contribution < 1.29 is 23.5 Å². The number of benzene rings is 2. The van der Waals surface area contributed by atoms with Crippen LogP contribution in [0.15, 0.2) is 58.5 Å². The summed E-state index contributed by atoms with van der Waals surface area (Å²) in [7, 11) is 0. The first kappa shape index (κ1) is 23.6. The predicted molar refractivity (Wildman–Crippen MR) is 127 cm³/mol. The number of amidine groups is 2. The molecule has 0 aliphatic carbocycles. The van der Waals surface area contributed by atoms with Crippen LogP contribution in [0.4, 0.5) is 10.1 Å². The summed E-state index contributed by atoms with van der Waals surface area (Å²) in [5, 5.41) is 3.14. The van der Waals surface area contributed by atoms with Crippen molar-refractivity contribution in [1.29, 1.82) is 0 Å². The van der Waals surface area contributed by atoms with E-state index in [9.17, 15) is 18.8 Å². The minimum Gasteiger partial charge on any atom is -0.465 e. The van der Waals surface area contributed by atoms with Crippen molar-refractivity contribution in [2.45, 2.75) is 32.4 Å². The highest BCUT2D eigenvalue weighted by molar-refractivity contribution is 8.14. The van der Waals surface area contributed by atoms with Crippen LogP contribution in [-0.2, 0) is 25.7 Å². The van der Waals surface area contributed by atoms with E-state index in [1.165, 1.54) is 17.0 Å². The SMILES string of the molecule is CCOC(=O)CSC1=Nc2ccccc2C2=N[C@H](CCC(=O)NCc3ccc(F)cc3)C(=O)N12. The number of aliphatic imine (C=N–C) groups is 2. The lowest BCUT2D eigenvalue weighted by molar-refractivity contribution is -0.139. The molecule has 0 bridgehead atoms. The van der Waals surface area contributed by atoms with E-state index in [1.807, 2.05) is 24.3 Å². The molecule has 0 unspecified atom stereocenters. The Labute approximate surface area is 200 Å².